The number of hydrogen-bond donors (Lipinski definition) is 0. The Bertz CT molecular complexity index is 549. The molecule has 106 valence electrons. The largest absolute Gasteiger partial charge is 0.243 e. The quantitative estimate of drug-likeness (QED) is 0.853. The van der Waals surface area contributed by atoms with Crippen molar-refractivity contribution in [3.05, 3.63) is 28.8 Å². The molecule has 4 heteroatoms. The molecule has 0 aromatic heterocycles. The average Bonchev–Trinajstić information content (AvgIpc) is 2.78. The van der Waals surface area contributed by atoms with Gasteiger partial charge in [0.1, 0.15) is 0 Å². The molecule has 0 unspecified atom stereocenters. The van der Waals surface area contributed by atoms with Crippen molar-refractivity contribution >= 4 is 10.0 Å². The smallest absolute Gasteiger partial charge is 0.207 e. The number of aryl methyl sites for hydroxylation is 3. The van der Waals surface area contributed by atoms with Crippen molar-refractivity contribution in [3.63, 3.8) is 0 Å². The van der Waals surface area contributed by atoms with Crippen molar-refractivity contribution < 1.29 is 8.42 Å². The zero-order chi connectivity index (χ0) is 14.2. The van der Waals surface area contributed by atoms with Gasteiger partial charge in [0.05, 0.1) is 4.90 Å². The molecule has 1 saturated carbocycles. The molecule has 0 spiro atoms. The maximum Gasteiger partial charge on any atom is 0.243 e. The summed E-state index contributed by atoms with van der Waals surface area (Å²) in [6, 6.07) is 4.06. The molecule has 2 rings (SSSR count). The Morgan fingerprint density at radius 3 is 2.00 bits per heavy atom. The van der Waals surface area contributed by atoms with Crippen LogP contribution in [0.3, 0.4) is 0 Å². The molecule has 0 atom stereocenters. The van der Waals surface area contributed by atoms with Gasteiger partial charge in [0.15, 0.2) is 0 Å². The predicted molar refractivity (Wildman–Crippen MR) is 77.9 cm³/mol. The van der Waals surface area contributed by atoms with Crippen molar-refractivity contribution in [2.75, 3.05) is 7.05 Å². The molecule has 1 aliphatic carbocycles. The first-order chi connectivity index (χ1) is 8.84. The molecule has 0 bridgehead atoms. The minimum atomic E-state index is -3.37. The fourth-order valence-electron chi connectivity index (χ4n) is 3.18. The lowest BCUT2D eigenvalue weighted by Crippen LogP contribution is -2.35. The van der Waals surface area contributed by atoms with E-state index in [4.69, 9.17) is 0 Å². The molecule has 0 radical (unpaired) electrons. The summed E-state index contributed by atoms with van der Waals surface area (Å²) in [4.78, 5) is 0.493. The molecule has 1 fully saturated rings. The van der Waals surface area contributed by atoms with Crippen molar-refractivity contribution in [3.8, 4) is 0 Å². The van der Waals surface area contributed by atoms with Crippen molar-refractivity contribution in [1.29, 1.82) is 0 Å². The van der Waals surface area contributed by atoms with Gasteiger partial charge in [-0.05, 0) is 44.7 Å². The van der Waals surface area contributed by atoms with E-state index in [1.54, 1.807) is 11.4 Å². The van der Waals surface area contributed by atoms with Crippen LogP contribution in [0.5, 0.6) is 0 Å². The van der Waals surface area contributed by atoms with E-state index in [2.05, 4.69) is 0 Å². The Hall–Kier alpha value is -0.870. The fraction of sp³-hybridized carbons (Fsp3) is 0.600. The number of sulfonamides is 1. The van der Waals surface area contributed by atoms with Gasteiger partial charge in [0, 0.05) is 13.1 Å². The van der Waals surface area contributed by atoms with Crippen LogP contribution in [0.15, 0.2) is 17.0 Å². The van der Waals surface area contributed by atoms with Crippen molar-refractivity contribution in [2.24, 2.45) is 0 Å². The molecular weight excluding hydrogens is 258 g/mol. The first-order valence-corrected chi connectivity index (χ1v) is 8.34. The average molecular weight is 281 g/mol. The summed E-state index contributed by atoms with van der Waals surface area (Å²) in [6.45, 7) is 5.77. The maximum absolute atomic E-state index is 12.8. The molecule has 0 amide bonds. The van der Waals surface area contributed by atoms with E-state index in [1.807, 2.05) is 32.9 Å². The molecule has 1 aromatic rings. The van der Waals surface area contributed by atoms with Crippen LogP contribution in [0.2, 0.25) is 0 Å². The highest BCUT2D eigenvalue weighted by atomic mass is 32.2. The topological polar surface area (TPSA) is 37.4 Å². The van der Waals surface area contributed by atoms with E-state index < -0.39 is 10.0 Å². The Morgan fingerprint density at radius 1 is 1.05 bits per heavy atom. The zero-order valence-corrected chi connectivity index (χ0v) is 13.0. The predicted octanol–water partition coefficient (Wildman–Crippen LogP) is 3.17. The summed E-state index contributed by atoms with van der Waals surface area (Å²) in [5.41, 5.74) is 2.81. The summed E-state index contributed by atoms with van der Waals surface area (Å²) in [5, 5.41) is 0. The number of nitrogens with zero attached hydrogens (tertiary/aromatic N) is 1. The maximum atomic E-state index is 12.8. The number of rotatable bonds is 3. The molecule has 1 aromatic carbocycles. The highest BCUT2D eigenvalue weighted by Gasteiger charge is 2.31. The summed E-state index contributed by atoms with van der Waals surface area (Å²) in [6.07, 6.45) is 4.24. The van der Waals surface area contributed by atoms with Crippen LogP contribution < -0.4 is 0 Å². The lowest BCUT2D eigenvalue weighted by molar-refractivity contribution is 0.372. The van der Waals surface area contributed by atoms with E-state index >= 15 is 0 Å². The number of hydrogen-bond acceptors (Lipinski definition) is 2. The lowest BCUT2D eigenvalue weighted by Gasteiger charge is -2.25. The SMILES string of the molecule is Cc1cc(C)c(S(=O)(=O)N(C)C2CCCC2)c(C)c1. The summed E-state index contributed by atoms with van der Waals surface area (Å²) in [5.74, 6) is 0. The van der Waals surface area contributed by atoms with E-state index in [9.17, 15) is 8.42 Å². The van der Waals surface area contributed by atoms with Gasteiger partial charge in [-0.3, -0.25) is 0 Å². The molecule has 0 heterocycles. The number of benzene rings is 1. The standard InChI is InChI=1S/C15H23NO2S/c1-11-9-12(2)15(13(3)10-11)19(17,18)16(4)14-7-5-6-8-14/h9-10,14H,5-8H2,1-4H3. The first-order valence-electron chi connectivity index (χ1n) is 6.90. The summed E-state index contributed by atoms with van der Waals surface area (Å²) < 4.78 is 27.2. The van der Waals surface area contributed by atoms with Crippen LogP contribution >= 0.6 is 0 Å². The minimum Gasteiger partial charge on any atom is -0.207 e. The van der Waals surface area contributed by atoms with Gasteiger partial charge < -0.3 is 0 Å². The van der Waals surface area contributed by atoms with Crippen LogP contribution in [0, 0.1) is 20.8 Å². The fourth-order valence-corrected chi connectivity index (χ4v) is 5.00. The van der Waals surface area contributed by atoms with Crippen molar-refractivity contribution in [2.45, 2.75) is 57.4 Å². The Morgan fingerprint density at radius 2 is 1.53 bits per heavy atom. The lowest BCUT2D eigenvalue weighted by atomic mass is 10.1. The minimum absolute atomic E-state index is 0.171. The monoisotopic (exact) mass is 281 g/mol. The summed E-state index contributed by atoms with van der Waals surface area (Å²) >= 11 is 0. The second kappa shape index (κ2) is 5.25. The van der Waals surface area contributed by atoms with E-state index in [0.717, 1.165) is 42.4 Å². The highest BCUT2D eigenvalue weighted by Crippen LogP contribution is 2.30. The zero-order valence-electron chi connectivity index (χ0n) is 12.2. The Labute approximate surface area is 116 Å². The van der Waals surface area contributed by atoms with E-state index in [1.165, 1.54) is 0 Å². The van der Waals surface area contributed by atoms with Gasteiger partial charge in [-0.25, -0.2) is 8.42 Å². The van der Waals surface area contributed by atoms with Gasteiger partial charge in [-0.15, -0.1) is 0 Å². The molecule has 0 N–H and O–H groups in total. The van der Waals surface area contributed by atoms with Gasteiger partial charge in [0.25, 0.3) is 0 Å². The molecular formula is C15H23NO2S. The Balaban J connectivity index is 2.44. The second-order valence-electron chi connectivity index (χ2n) is 5.69. The third kappa shape index (κ3) is 2.70. The van der Waals surface area contributed by atoms with E-state index in [-0.39, 0.29) is 6.04 Å². The van der Waals surface area contributed by atoms with Gasteiger partial charge in [0.2, 0.25) is 10.0 Å². The third-order valence-electron chi connectivity index (χ3n) is 4.08. The van der Waals surface area contributed by atoms with Crippen LogP contribution in [-0.2, 0) is 10.0 Å². The van der Waals surface area contributed by atoms with E-state index in [0.29, 0.717) is 4.90 Å². The Kier molecular flexibility index (Phi) is 4.02. The molecule has 0 aliphatic heterocycles. The van der Waals surface area contributed by atoms with Crippen LogP contribution in [0.25, 0.3) is 0 Å². The summed E-state index contributed by atoms with van der Waals surface area (Å²) in [7, 11) is -1.64. The van der Waals surface area contributed by atoms with Crippen LogP contribution in [0.4, 0.5) is 0 Å². The van der Waals surface area contributed by atoms with Gasteiger partial charge in [-0.2, -0.15) is 4.31 Å². The molecule has 3 nitrogen and oxygen atoms in total. The molecule has 19 heavy (non-hydrogen) atoms. The third-order valence-corrected chi connectivity index (χ3v) is 6.30. The normalized spacial score (nSPS) is 17.3. The molecule has 1 aliphatic rings. The van der Waals surface area contributed by atoms with Gasteiger partial charge in [-0.1, -0.05) is 30.5 Å². The highest BCUT2D eigenvalue weighted by molar-refractivity contribution is 7.89. The van der Waals surface area contributed by atoms with Crippen molar-refractivity contribution in [1.82, 2.24) is 4.31 Å². The molecule has 0 saturated heterocycles. The van der Waals surface area contributed by atoms with Crippen LogP contribution in [0.1, 0.15) is 42.4 Å². The van der Waals surface area contributed by atoms with Gasteiger partial charge >= 0.3 is 0 Å². The first kappa shape index (κ1) is 14.5. The van der Waals surface area contributed by atoms with Crippen LogP contribution in [-0.4, -0.2) is 25.8 Å². The second-order valence-corrected chi connectivity index (χ2v) is 7.62.